The molecule has 2 heterocycles. The summed E-state index contributed by atoms with van der Waals surface area (Å²) in [7, 11) is 4.22. The molecule has 0 spiro atoms. The quantitative estimate of drug-likeness (QED) is 0.163. The van der Waals surface area contributed by atoms with Gasteiger partial charge in [-0.3, -0.25) is 0 Å². The van der Waals surface area contributed by atoms with Gasteiger partial charge in [0.15, 0.2) is 6.20 Å². The van der Waals surface area contributed by atoms with E-state index >= 15 is 0 Å². The zero-order chi connectivity index (χ0) is 24.2. The van der Waals surface area contributed by atoms with Gasteiger partial charge in [0.25, 0.3) is 0 Å². The summed E-state index contributed by atoms with van der Waals surface area (Å²) >= 11 is 1.92. The monoisotopic (exact) mass is 478 g/mol. The standard InChI is InChI=1S/C29H42N4S/c1-5-7-19-32(20-8-6-2)28-17-14-26(15-18-28)13-16-27-12-9-10-21-33(27)22-11-25-34-29-30(3)23-24-31(29)4/h9-10,12-18,21,23-24H,5-8,11,19-20,22,25H2,1-4H3/q+2. The number of benzene rings is 1. The summed E-state index contributed by atoms with van der Waals surface area (Å²) in [4.78, 5) is 2.54. The Morgan fingerprint density at radius 2 is 1.65 bits per heavy atom. The van der Waals surface area contributed by atoms with Crippen molar-refractivity contribution >= 4 is 29.6 Å². The fourth-order valence-corrected chi connectivity index (χ4v) is 5.05. The SMILES string of the molecule is CCCCN(CCCC)c1ccc(/C=C/c2cccc[n+]2CCCSc2n(C)cc[n+]2C)cc1. The summed E-state index contributed by atoms with van der Waals surface area (Å²) in [5, 5.41) is 1.30. The van der Waals surface area contributed by atoms with Gasteiger partial charge in [0.2, 0.25) is 5.69 Å². The first kappa shape index (κ1) is 26.1. The van der Waals surface area contributed by atoms with Crippen LogP contribution in [0.25, 0.3) is 12.2 Å². The summed E-state index contributed by atoms with van der Waals surface area (Å²) < 4.78 is 6.73. The predicted octanol–water partition coefficient (Wildman–Crippen LogP) is 5.90. The molecule has 34 heavy (non-hydrogen) atoms. The average Bonchev–Trinajstić information content (AvgIpc) is 3.18. The van der Waals surface area contributed by atoms with Gasteiger partial charge in [0.1, 0.15) is 18.9 Å². The van der Waals surface area contributed by atoms with Gasteiger partial charge >= 0.3 is 5.16 Å². The Hall–Kier alpha value is -2.53. The number of pyridine rings is 1. The molecule has 5 heteroatoms. The van der Waals surface area contributed by atoms with Crippen molar-refractivity contribution in [1.29, 1.82) is 0 Å². The second-order valence-electron chi connectivity index (χ2n) is 8.94. The van der Waals surface area contributed by atoms with E-state index in [2.05, 4.69) is 120 Å². The van der Waals surface area contributed by atoms with E-state index in [4.69, 9.17) is 0 Å². The molecule has 3 rings (SSSR count). The van der Waals surface area contributed by atoms with Crippen molar-refractivity contribution < 1.29 is 9.13 Å². The Bertz CT molecular complexity index is 995. The molecule has 0 saturated carbocycles. The third kappa shape index (κ3) is 7.76. The number of rotatable bonds is 14. The Labute approximate surface area is 210 Å². The van der Waals surface area contributed by atoms with E-state index in [1.165, 1.54) is 47.8 Å². The van der Waals surface area contributed by atoms with Gasteiger partial charge in [-0.15, -0.1) is 0 Å². The van der Waals surface area contributed by atoms with Crippen molar-refractivity contribution in [2.75, 3.05) is 23.7 Å². The Morgan fingerprint density at radius 1 is 0.912 bits per heavy atom. The minimum Gasteiger partial charge on any atom is -0.372 e. The number of anilines is 1. The highest BCUT2D eigenvalue weighted by atomic mass is 32.2. The van der Waals surface area contributed by atoms with E-state index in [0.717, 1.165) is 31.8 Å². The van der Waals surface area contributed by atoms with Crippen LogP contribution in [0.2, 0.25) is 0 Å². The van der Waals surface area contributed by atoms with Crippen molar-refractivity contribution in [1.82, 2.24) is 4.57 Å². The van der Waals surface area contributed by atoms with Gasteiger partial charge in [0, 0.05) is 49.2 Å². The Kier molecular flexibility index (Phi) is 10.7. The molecule has 2 aromatic heterocycles. The summed E-state index contributed by atoms with van der Waals surface area (Å²) in [5.74, 6) is 1.10. The van der Waals surface area contributed by atoms with Gasteiger partial charge < -0.3 is 4.90 Å². The van der Waals surface area contributed by atoms with Crippen LogP contribution in [0.15, 0.2) is 66.2 Å². The topological polar surface area (TPSA) is 15.9 Å². The number of thioether (sulfide) groups is 1. The van der Waals surface area contributed by atoms with Crippen LogP contribution in [0.5, 0.6) is 0 Å². The number of nitrogens with zero attached hydrogens (tertiary/aromatic N) is 4. The maximum Gasteiger partial charge on any atom is 0.317 e. The molecule has 0 amide bonds. The maximum atomic E-state index is 2.54. The van der Waals surface area contributed by atoms with E-state index in [0.29, 0.717) is 0 Å². The van der Waals surface area contributed by atoms with E-state index in [1.807, 2.05) is 11.8 Å². The highest BCUT2D eigenvalue weighted by molar-refractivity contribution is 7.99. The molecule has 1 aromatic carbocycles. The molecule has 3 aromatic rings. The zero-order valence-corrected chi connectivity index (χ0v) is 22.3. The average molecular weight is 479 g/mol. The molecule has 0 N–H and O–H groups in total. The molecule has 0 fully saturated rings. The van der Waals surface area contributed by atoms with Gasteiger partial charge in [-0.1, -0.05) is 38.8 Å². The number of aromatic nitrogens is 3. The first-order valence-electron chi connectivity index (χ1n) is 12.8. The minimum absolute atomic E-state index is 1.02. The molecule has 0 unspecified atom stereocenters. The summed E-state index contributed by atoms with van der Waals surface area (Å²) in [5.41, 5.74) is 3.84. The lowest BCUT2D eigenvalue weighted by molar-refractivity contribution is -0.709. The van der Waals surface area contributed by atoms with Crippen molar-refractivity contribution in [2.45, 2.75) is 57.7 Å². The van der Waals surface area contributed by atoms with E-state index in [1.54, 1.807) is 0 Å². The van der Waals surface area contributed by atoms with Crippen LogP contribution in [-0.2, 0) is 20.6 Å². The lowest BCUT2D eigenvalue weighted by atomic mass is 10.1. The number of hydrogen-bond acceptors (Lipinski definition) is 2. The molecule has 4 nitrogen and oxygen atoms in total. The summed E-state index contributed by atoms with van der Waals surface area (Å²) in [6.07, 6.45) is 17.0. The van der Waals surface area contributed by atoms with Crippen LogP contribution in [0.3, 0.4) is 0 Å². The number of unbranched alkanes of at least 4 members (excludes halogenated alkanes) is 2. The van der Waals surface area contributed by atoms with E-state index < -0.39 is 0 Å². The fraction of sp³-hybridized carbons (Fsp3) is 0.448. The van der Waals surface area contributed by atoms with Crippen molar-refractivity contribution in [3.8, 4) is 0 Å². The van der Waals surface area contributed by atoms with Crippen LogP contribution >= 0.6 is 11.8 Å². The number of hydrogen-bond donors (Lipinski definition) is 0. The lowest BCUT2D eigenvalue weighted by Gasteiger charge is -2.24. The lowest BCUT2D eigenvalue weighted by Crippen LogP contribution is -2.36. The third-order valence-corrected chi connectivity index (χ3v) is 7.46. The van der Waals surface area contributed by atoms with Crippen LogP contribution in [-0.4, -0.2) is 23.4 Å². The van der Waals surface area contributed by atoms with Crippen molar-refractivity contribution in [3.63, 3.8) is 0 Å². The summed E-state index contributed by atoms with van der Waals surface area (Å²) in [6.45, 7) is 7.85. The van der Waals surface area contributed by atoms with Crippen LogP contribution in [0, 0.1) is 0 Å². The molecular weight excluding hydrogens is 436 g/mol. The Morgan fingerprint density at radius 3 is 2.29 bits per heavy atom. The normalized spacial score (nSPS) is 11.4. The highest BCUT2D eigenvalue weighted by Crippen LogP contribution is 2.18. The summed E-state index contributed by atoms with van der Waals surface area (Å²) in [6, 6.07) is 15.5. The first-order valence-corrected chi connectivity index (χ1v) is 13.8. The number of aryl methyl sites for hydroxylation is 3. The van der Waals surface area contributed by atoms with Crippen LogP contribution < -0.4 is 14.0 Å². The fourth-order valence-electron chi connectivity index (χ4n) is 4.07. The zero-order valence-electron chi connectivity index (χ0n) is 21.5. The number of imidazole rings is 1. The second kappa shape index (κ2) is 14.0. The second-order valence-corrected chi connectivity index (χ2v) is 10.0. The smallest absolute Gasteiger partial charge is 0.317 e. The first-order chi connectivity index (χ1) is 16.6. The van der Waals surface area contributed by atoms with Crippen LogP contribution in [0.4, 0.5) is 5.69 Å². The van der Waals surface area contributed by atoms with Crippen LogP contribution in [0.1, 0.15) is 57.2 Å². The van der Waals surface area contributed by atoms with Gasteiger partial charge in [-0.25, -0.2) is 9.13 Å². The molecule has 0 aliphatic carbocycles. The van der Waals surface area contributed by atoms with Gasteiger partial charge in [0.05, 0.1) is 14.1 Å². The molecule has 0 saturated heterocycles. The maximum absolute atomic E-state index is 2.54. The molecule has 0 radical (unpaired) electrons. The van der Waals surface area contributed by atoms with Gasteiger partial charge in [-0.05, 0) is 54.4 Å². The predicted molar refractivity (Wildman–Crippen MR) is 146 cm³/mol. The molecule has 0 atom stereocenters. The van der Waals surface area contributed by atoms with Crippen molar-refractivity contribution in [3.05, 3.63) is 72.3 Å². The van der Waals surface area contributed by atoms with Gasteiger partial charge in [-0.2, -0.15) is 4.57 Å². The molecule has 0 bridgehead atoms. The molecule has 0 aliphatic rings. The molecule has 0 aliphatic heterocycles. The highest BCUT2D eigenvalue weighted by Gasteiger charge is 2.13. The largest absolute Gasteiger partial charge is 0.372 e. The van der Waals surface area contributed by atoms with E-state index in [-0.39, 0.29) is 0 Å². The molecule has 182 valence electrons. The molecular formula is C29H42N4S+2. The third-order valence-electron chi connectivity index (χ3n) is 6.14. The Balaban J connectivity index is 1.58. The van der Waals surface area contributed by atoms with Crippen molar-refractivity contribution in [2.24, 2.45) is 14.1 Å². The minimum atomic E-state index is 1.02. The van der Waals surface area contributed by atoms with E-state index in [9.17, 15) is 0 Å².